The van der Waals surface area contributed by atoms with Crippen LogP contribution in [-0.2, 0) is 20.7 Å². The topological polar surface area (TPSA) is 88.6 Å². The highest BCUT2D eigenvalue weighted by atomic mass is 32.1. The maximum atomic E-state index is 12.8. The van der Waals surface area contributed by atoms with Gasteiger partial charge in [-0.2, -0.15) is 0 Å². The van der Waals surface area contributed by atoms with Gasteiger partial charge in [-0.25, -0.2) is 9.78 Å². The van der Waals surface area contributed by atoms with Gasteiger partial charge in [-0.1, -0.05) is 18.2 Å². The van der Waals surface area contributed by atoms with Crippen molar-refractivity contribution in [2.24, 2.45) is 0 Å². The van der Waals surface area contributed by atoms with Gasteiger partial charge in [-0.05, 0) is 31.4 Å². The predicted octanol–water partition coefficient (Wildman–Crippen LogP) is 2.63. The molecule has 2 heterocycles. The van der Waals surface area contributed by atoms with Crippen molar-refractivity contribution < 1.29 is 19.1 Å². The molecule has 1 atom stereocenters. The SMILES string of the molecule is CC(=O)Nc1nc(C(=O)OC(C)C(=O)N2CCCc3ccccc32)cs1. The van der Waals surface area contributed by atoms with Crippen molar-refractivity contribution in [2.45, 2.75) is 32.8 Å². The molecule has 26 heavy (non-hydrogen) atoms. The fourth-order valence-corrected chi connectivity index (χ4v) is 3.55. The van der Waals surface area contributed by atoms with Crippen LogP contribution >= 0.6 is 11.3 Å². The number of carbonyl (C=O) groups is 3. The summed E-state index contributed by atoms with van der Waals surface area (Å²) in [5.41, 5.74) is 2.05. The Labute approximate surface area is 155 Å². The summed E-state index contributed by atoms with van der Waals surface area (Å²) in [6.45, 7) is 3.51. The lowest BCUT2D eigenvalue weighted by Gasteiger charge is -2.31. The number of nitrogens with zero attached hydrogens (tertiary/aromatic N) is 2. The molecule has 136 valence electrons. The van der Waals surface area contributed by atoms with E-state index in [2.05, 4.69) is 10.3 Å². The second kappa shape index (κ2) is 7.65. The van der Waals surface area contributed by atoms with Gasteiger partial charge in [0, 0.05) is 24.5 Å². The quantitative estimate of drug-likeness (QED) is 0.833. The van der Waals surface area contributed by atoms with Gasteiger partial charge in [-0.3, -0.25) is 9.59 Å². The van der Waals surface area contributed by atoms with Gasteiger partial charge in [0.1, 0.15) is 0 Å². The van der Waals surface area contributed by atoms with Crippen molar-refractivity contribution in [2.75, 3.05) is 16.8 Å². The van der Waals surface area contributed by atoms with E-state index in [-0.39, 0.29) is 17.5 Å². The summed E-state index contributed by atoms with van der Waals surface area (Å²) < 4.78 is 5.29. The van der Waals surface area contributed by atoms with Crippen LogP contribution in [0.5, 0.6) is 0 Å². The third-order valence-corrected chi connectivity index (χ3v) is 4.76. The van der Waals surface area contributed by atoms with Crippen LogP contribution in [0.3, 0.4) is 0 Å². The van der Waals surface area contributed by atoms with Gasteiger partial charge in [0.25, 0.3) is 5.91 Å². The van der Waals surface area contributed by atoms with Crippen LogP contribution in [-0.4, -0.2) is 35.4 Å². The molecule has 1 aromatic heterocycles. The molecule has 3 rings (SSSR count). The first-order chi connectivity index (χ1) is 12.5. The molecule has 1 unspecified atom stereocenters. The minimum absolute atomic E-state index is 0.0671. The average molecular weight is 373 g/mol. The number of nitrogens with one attached hydrogen (secondary N) is 1. The molecule has 0 radical (unpaired) electrons. The van der Waals surface area contributed by atoms with Crippen LogP contribution in [0.15, 0.2) is 29.6 Å². The summed E-state index contributed by atoms with van der Waals surface area (Å²) in [5, 5.41) is 4.30. The van der Waals surface area contributed by atoms with E-state index >= 15 is 0 Å². The third-order valence-electron chi connectivity index (χ3n) is 4.00. The molecule has 1 N–H and O–H groups in total. The molecule has 1 aliphatic rings. The second-order valence-electron chi connectivity index (χ2n) is 5.99. The van der Waals surface area contributed by atoms with Gasteiger partial charge >= 0.3 is 5.97 Å². The minimum atomic E-state index is -0.931. The second-order valence-corrected chi connectivity index (χ2v) is 6.85. The zero-order valence-electron chi connectivity index (χ0n) is 14.5. The van der Waals surface area contributed by atoms with Crippen LogP contribution in [0.2, 0.25) is 0 Å². The minimum Gasteiger partial charge on any atom is -0.448 e. The molecule has 0 fully saturated rings. The first-order valence-electron chi connectivity index (χ1n) is 8.29. The highest BCUT2D eigenvalue weighted by Crippen LogP contribution is 2.27. The van der Waals surface area contributed by atoms with E-state index in [4.69, 9.17) is 4.74 Å². The van der Waals surface area contributed by atoms with E-state index in [1.54, 1.807) is 11.8 Å². The lowest BCUT2D eigenvalue weighted by molar-refractivity contribution is -0.126. The maximum absolute atomic E-state index is 12.8. The Kier molecular flexibility index (Phi) is 5.32. The molecule has 0 saturated carbocycles. The fraction of sp³-hybridized carbons (Fsp3) is 0.333. The van der Waals surface area contributed by atoms with E-state index in [1.807, 2.05) is 24.3 Å². The first kappa shape index (κ1) is 18.1. The predicted molar refractivity (Wildman–Crippen MR) is 98.4 cm³/mol. The molecule has 0 saturated heterocycles. The number of anilines is 2. The third kappa shape index (κ3) is 3.91. The average Bonchev–Trinajstić information content (AvgIpc) is 3.08. The smallest absolute Gasteiger partial charge is 0.358 e. The number of ether oxygens (including phenoxy) is 1. The normalized spacial score (nSPS) is 14.3. The standard InChI is InChI=1S/C18H19N3O4S/c1-11(25-17(24)14-10-26-18(20-14)19-12(2)22)16(23)21-9-5-7-13-6-3-4-8-15(13)21/h3-4,6,8,10-11H,5,7,9H2,1-2H3,(H,19,20,22). The van der Waals surface area contributed by atoms with Gasteiger partial charge in [0.05, 0.1) is 0 Å². The molecule has 1 aromatic carbocycles. The molecular weight excluding hydrogens is 354 g/mol. The zero-order chi connectivity index (χ0) is 18.7. The fourth-order valence-electron chi connectivity index (χ4n) is 2.83. The summed E-state index contributed by atoms with van der Waals surface area (Å²) in [4.78, 5) is 41.7. The van der Waals surface area contributed by atoms with Gasteiger partial charge in [0.15, 0.2) is 16.9 Å². The summed E-state index contributed by atoms with van der Waals surface area (Å²) in [6, 6.07) is 7.75. The Bertz CT molecular complexity index is 848. The van der Waals surface area contributed by atoms with Crippen LogP contribution in [0.25, 0.3) is 0 Å². The Hall–Kier alpha value is -2.74. The number of hydrogen-bond acceptors (Lipinski definition) is 6. The molecule has 1 aliphatic heterocycles. The number of amides is 2. The number of para-hydroxylation sites is 1. The summed E-state index contributed by atoms with van der Waals surface area (Å²) in [6.07, 6.45) is 0.869. The highest BCUT2D eigenvalue weighted by molar-refractivity contribution is 7.14. The summed E-state index contributed by atoms with van der Waals surface area (Å²) in [5.74, 6) is -1.22. The number of benzene rings is 1. The number of esters is 1. The molecular formula is C18H19N3O4S. The number of thiazole rings is 1. The molecule has 0 bridgehead atoms. The van der Waals surface area contributed by atoms with Crippen molar-refractivity contribution in [1.82, 2.24) is 4.98 Å². The zero-order valence-corrected chi connectivity index (χ0v) is 15.3. The number of fused-ring (bicyclic) bond motifs is 1. The van der Waals surface area contributed by atoms with Crippen LogP contribution in [0, 0.1) is 0 Å². The van der Waals surface area contributed by atoms with Crippen LogP contribution < -0.4 is 10.2 Å². The molecule has 0 spiro atoms. The van der Waals surface area contributed by atoms with E-state index in [1.165, 1.54) is 12.3 Å². The Balaban J connectivity index is 1.67. The van der Waals surface area contributed by atoms with Gasteiger partial charge in [-0.15, -0.1) is 11.3 Å². The Morgan fingerprint density at radius 1 is 1.31 bits per heavy atom. The van der Waals surface area contributed by atoms with Crippen molar-refractivity contribution >= 4 is 39.9 Å². The van der Waals surface area contributed by atoms with Crippen molar-refractivity contribution in [1.29, 1.82) is 0 Å². The van der Waals surface area contributed by atoms with Gasteiger partial charge < -0.3 is 15.0 Å². The lowest BCUT2D eigenvalue weighted by atomic mass is 10.0. The van der Waals surface area contributed by atoms with E-state index in [0.29, 0.717) is 11.7 Å². The largest absolute Gasteiger partial charge is 0.448 e. The lowest BCUT2D eigenvalue weighted by Crippen LogP contribution is -2.42. The molecule has 0 aliphatic carbocycles. The van der Waals surface area contributed by atoms with E-state index < -0.39 is 12.1 Å². The van der Waals surface area contributed by atoms with Crippen LogP contribution in [0.4, 0.5) is 10.8 Å². The molecule has 2 amide bonds. The number of rotatable bonds is 4. The first-order valence-corrected chi connectivity index (χ1v) is 9.17. The highest BCUT2D eigenvalue weighted by Gasteiger charge is 2.29. The molecule has 2 aromatic rings. The monoisotopic (exact) mass is 373 g/mol. The van der Waals surface area contributed by atoms with Crippen LogP contribution in [0.1, 0.15) is 36.3 Å². The van der Waals surface area contributed by atoms with Crippen molar-refractivity contribution in [3.8, 4) is 0 Å². The number of aromatic nitrogens is 1. The van der Waals surface area contributed by atoms with Crippen molar-refractivity contribution in [3.63, 3.8) is 0 Å². The maximum Gasteiger partial charge on any atom is 0.358 e. The Morgan fingerprint density at radius 2 is 2.08 bits per heavy atom. The Morgan fingerprint density at radius 3 is 2.85 bits per heavy atom. The molecule has 7 nitrogen and oxygen atoms in total. The van der Waals surface area contributed by atoms with Crippen molar-refractivity contribution in [3.05, 3.63) is 40.9 Å². The summed E-state index contributed by atoms with van der Waals surface area (Å²) in [7, 11) is 0. The number of hydrogen-bond donors (Lipinski definition) is 1. The number of carbonyl (C=O) groups excluding carboxylic acids is 3. The number of aryl methyl sites for hydroxylation is 1. The van der Waals surface area contributed by atoms with E-state index in [0.717, 1.165) is 35.4 Å². The van der Waals surface area contributed by atoms with Gasteiger partial charge in [0.2, 0.25) is 5.91 Å². The summed E-state index contributed by atoms with van der Waals surface area (Å²) >= 11 is 1.12. The molecule has 8 heteroatoms. The van der Waals surface area contributed by atoms with E-state index in [9.17, 15) is 14.4 Å².